The van der Waals surface area contributed by atoms with E-state index in [0.29, 0.717) is 6.04 Å². The van der Waals surface area contributed by atoms with E-state index in [1.807, 2.05) is 11.3 Å². The van der Waals surface area contributed by atoms with E-state index >= 15 is 0 Å². The van der Waals surface area contributed by atoms with Crippen LogP contribution in [0.1, 0.15) is 89.4 Å². The van der Waals surface area contributed by atoms with Gasteiger partial charge in [-0.05, 0) is 42.9 Å². The maximum atomic E-state index is 3.82. The SMILES string of the molecule is CCCCC(CC)C(NCCC)c1ccc(C(C)(C)C)s1. The van der Waals surface area contributed by atoms with Crippen molar-refractivity contribution in [2.45, 2.75) is 85.1 Å². The molecule has 21 heavy (non-hydrogen) atoms. The molecule has 0 bridgehead atoms. The number of unbranched alkanes of at least 4 members (excludes halogenated alkanes) is 1. The van der Waals surface area contributed by atoms with Gasteiger partial charge in [-0.3, -0.25) is 0 Å². The molecule has 0 aliphatic carbocycles. The van der Waals surface area contributed by atoms with E-state index in [1.165, 1.54) is 41.9 Å². The van der Waals surface area contributed by atoms with Gasteiger partial charge in [0.05, 0.1) is 0 Å². The predicted molar refractivity (Wildman–Crippen MR) is 97.4 cm³/mol. The monoisotopic (exact) mass is 309 g/mol. The second-order valence-electron chi connectivity index (χ2n) is 7.19. The number of nitrogens with one attached hydrogen (secondary N) is 1. The first-order valence-corrected chi connectivity index (χ1v) is 9.59. The van der Waals surface area contributed by atoms with Crippen molar-refractivity contribution in [1.29, 1.82) is 0 Å². The van der Waals surface area contributed by atoms with Crippen molar-refractivity contribution in [3.8, 4) is 0 Å². The van der Waals surface area contributed by atoms with Crippen LogP contribution in [0.25, 0.3) is 0 Å². The van der Waals surface area contributed by atoms with E-state index in [1.54, 1.807) is 0 Å². The van der Waals surface area contributed by atoms with Gasteiger partial charge in [0.2, 0.25) is 0 Å². The highest BCUT2D eigenvalue weighted by atomic mass is 32.1. The molecule has 0 spiro atoms. The van der Waals surface area contributed by atoms with Gasteiger partial charge >= 0.3 is 0 Å². The van der Waals surface area contributed by atoms with Gasteiger partial charge in [0, 0.05) is 15.8 Å². The molecule has 0 radical (unpaired) electrons. The summed E-state index contributed by atoms with van der Waals surface area (Å²) in [5, 5.41) is 3.82. The minimum absolute atomic E-state index is 0.267. The Morgan fingerprint density at radius 1 is 1.10 bits per heavy atom. The molecule has 0 saturated carbocycles. The Bertz CT molecular complexity index is 389. The molecule has 0 aliphatic heterocycles. The molecule has 122 valence electrons. The van der Waals surface area contributed by atoms with Crippen LogP contribution in [0, 0.1) is 5.92 Å². The summed E-state index contributed by atoms with van der Waals surface area (Å²) in [4.78, 5) is 3.04. The number of hydrogen-bond acceptors (Lipinski definition) is 2. The van der Waals surface area contributed by atoms with E-state index < -0.39 is 0 Å². The number of thiophene rings is 1. The lowest BCUT2D eigenvalue weighted by Crippen LogP contribution is -2.28. The molecule has 1 aromatic rings. The fraction of sp³-hybridized carbons (Fsp3) is 0.789. The topological polar surface area (TPSA) is 12.0 Å². The summed E-state index contributed by atoms with van der Waals surface area (Å²) in [5.74, 6) is 0.767. The average Bonchev–Trinajstić information content (AvgIpc) is 2.92. The highest BCUT2D eigenvalue weighted by Crippen LogP contribution is 2.37. The van der Waals surface area contributed by atoms with E-state index in [0.717, 1.165) is 12.5 Å². The minimum Gasteiger partial charge on any atom is -0.309 e. The smallest absolute Gasteiger partial charge is 0.0443 e. The third-order valence-corrected chi connectivity index (χ3v) is 5.81. The Labute approximate surface area is 136 Å². The second kappa shape index (κ2) is 8.95. The largest absolute Gasteiger partial charge is 0.309 e. The molecule has 0 saturated heterocycles. The lowest BCUT2D eigenvalue weighted by molar-refractivity contribution is 0.327. The Kier molecular flexibility index (Phi) is 7.97. The molecule has 0 fully saturated rings. The van der Waals surface area contributed by atoms with Crippen LogP contribution < -0.4 is 5.32 Å². The second-order valence-corrected chi connectivity index (χ2v) is 8.31. The first-order valence-electron chi connectivity index (χ1n) is 8.77. The maximum Gasteiger partial charge on any atom is 0.0443 e. The van der Waals surface area contributed by atoms with Crippen LogP contribution >= 0.6 is 11.3 Å². The molecule has 2 unspecified atom stereocenters. The molecule has 0 amide bonds. The third kappa shape index (κ3) is 5.75. The van der Waals surface area contributed by atoms with Crippen LogP contribution in [0.4, 0.5) is 0 Å². The molecular formula is C19H35NS. The van der Waals surface area contributed by atoms with Gasteiger partial charge in [-0.25, -0.2) is 0 Å². The van der Waals surface area contributed by atoms with Crippen molar-refractivity contribution in [2.24, 2.45) is 5.92 Å². The van der Waals surface area contributed by atoms with Crippen molar-refractivity contribution < 1.29 is 0 Å². The fourth-order valence-corrected chi connectivity index (χ4v) is 4.03. The van der Waals surface area contributed by atoms with E-state index in [4.69, 9.17) is 0 Å². The molecule has 1 rings (SSSR count). The molecule has 0 aromatic carbocycles. The van der Waals surface area contributed by atoms with Crippen molar-refractivity contribution in [2.75, 3.05) is 6.54 Å². The summed E-state index contributed by atoms with van der Waals surface area (Å²) in [7, 11) is 0. The zero-order chi connectivity index (χ0) is 15.9. The van der Waals surface area contributed by atoms with Crippen LogP contribution in [0.15, 0.2) is 12.1 Å². The summed E-state index contributed by atoms with van der Waals surface area (Å²) in [6.45, 7) is 15.0. The van der Waals surface area contributed by atoms with E-state index in [9.17, 15) is 0 Å². The zero-order valence-electron chi connectivity index (χ0n) is 15.0. The minimum atomic E-state index is 0.267. The van der Waals surface area contributed by atoms with Crippen LogP contribution in [-0.4, -0.2) is 6.54 Å². The quantitative estimate of drug-likeness (QED) is 0.564. The number of hydrogen-bond donors (Lipinski definition) is 1. The summed E-state index contributed by atoms with van der Waals surface area (Å²) >= 11 is 2.01. The number of rotatable bonds is 9. The standard InChI is InChI=1S/C19H35NS/c1-7-10-11-15(9-3)18(20-14-8-2)16-12-13-17(21-16)19(4,5)6/h12-13,15,18,20H,7-11,14H2,1-6H3. The van der Waals surface area contributed by atoms with E-state index in [-0.39, 0.29) is 5.41 Å². The van der Waals surface area contributed by atoms with Crippen molar-refractivity contribution >= 4 is 11.3 Å². The van der Waals surface area contributed by atoms with Gasteiger partial charge in [-0.1, -0.05) is 60.8 Å². The summed E-state index contributed by atoms with van der Waals surface area (Å²) < 4.78 is 0. The molecule has 1 aromatic heterocycles. The fourth-order valence-electron chi connectivity index (χ4n) is 2.80. The predicted octanol–water partition coefficient (Wildman–Crippen LogP) is 6.30. The first-order chi connectivity index (χ1) is 9.93. The van der Waals surface area contributed by atoms with Crippen molar-refractivity contribution in [3.05, 3.63) is 21.9 Å². The Balaban J connectivity index is 2.92. The average molecular weight is 310 g/mol. The van der Waals surface area contributed by atoms with Crippen LogP contribution in [-0.2, 0) is 5.41 Å². The van der Waals surface area contributed by atoms with Gasteiger partial charge in [-0.2, -0.15) is 0 Å². The van der Waals surface area contributed by atoms with E-state index in [2.05, 4.69) is 59.0 Å². The lowest BCUT2D eigenvalue weighted by atomic mass is 9.90. The van der Waals surface area contributed by atoms with Crippen molar-refractivity contribution in [3.63, 3.8) is 0 Å². The van der Waals surface area contributed by atoms with Gasteiger partial charge < -0.3 is 5.32 Å². The molecule has 1 heterocycles. The molecule has 2 atom stereocenters. The Hall–Kier alpha value is -0.340. The summed E-state index contributed by atoms with van der Waals surface area (Å²) in [5.41, 5.74) is 0.267. The lowest BCUT2D eigenvalue weighted by Gasteiger charge is -2.27. The summed E-state index contributed by atoms with van der Waals surface area (Å²) in [6.07, 6.45) is 6.47. The van der Waals surface area contributed by atoms with Gasteiger partial charge in [0.1, 0.15) is 0 Å². The molecule has 1 nitrogen and oxygen atoms in total. The first kappa shape index (κ1) is 18.7. The summed E-state index contributed by atoms with van der Waals surface area (Å²) in [6, 6.07) is 5.25. The molecule has 2 heteroatoms. The molecular weight excluding hydrogens is 274 g/mol. The van der Waals surface area contributed by atoms with Crippen LogP contribution in [0.2, 0.25) is 0 Å². The highest BCUT2D eigenvalue weighted by molar-refractivity contribution is 7.12. The van der Waals surface area contributed by atoms with Gasteiger partial charge in [0.15, 0.2) is 0 Å². The zero-order valence-corrected chi connectivity index (χ0v) is 15.8. The van der Waals surface area contributed by atoms with Crippen LogP contribution in [0.3, 0.4) is 0 Å². The van der Waals surface area contributed by atoms with Crippen LogP contribution in [0.5, 0.6) is 0 Å². The van der Waals surface area contributed by atoms with Gasteiger partial charge in [0.25, 0.3) is 0 Å². The maximum absolute atomic E-state index is 3.82. The molecule has 1 N–H and O–H groups in total. The highest BCUT2D eigenvalue weighted by Gasteiger charge is 2.24. The molecule has 0 aliphatic rings. The third-order valence-electron chi connectivity index (χ3n) is 4.21. The normalized spacial score (nSPS) is 15.1. The Morgan fingerprint density at radius 3 is 2.29 bits per heavy atom. The Morgan fingerprint density at radius 2 is 1.81 bits per heavy atom. The van der Waals surface area contributed by atoms with Gasteiger partial charge in [-0.15, -0.1) is 11.3 Å². The van der Waals surface area contributed by atoms with Crippen molar-refractivity contribution in [1.82, 2.24) is 5.32 Å².